The Kier molecular flexibility index (Phi) is 9.67. The molecule has 248 valence electrons. The van der Waals surface area contributed by atoms with E-state index in [1.165, 1.54) is 35.1 Å². The van der Waals surface area contributed by atoms with E-state index in [2.05, 4.69) is 0 Å². The van der Waals surface area contributed by atoms with Crippen molar-refractivity contribution in [2.75, 3.05) is 20.8 Å². The molecule has 0 amide bonds. The van der Waals surface area contributed by atoms with Crippen molar-refractivity contribution in [2.45, 2.75) is 19.6 Å². The van der Waals surface area contributed by atoms with Crippen molar-refractivity contribution >= 4 is 34.8 Å². The predicted molar refractivity (Wildman–Crippen MR) is 184 cm³/mol. The van der Waals surface area contributed by atoms with Crippen molar-refractivity contribution in [1.29, 1.82) is 0 Å². The molecule has 11 nitrogen and oxygen atoms in total. The molecule has 4 aromatic carbocycles. The van der Waals surface area contributed by atoms with Crippen LogP contribution < -0.4 is 29.1 Å². The monoisotopic (exact) mass is 677 g/mol. The number of nitrogens with zero attached hydrogens (tertiary/aromatic N) is 3. The van der Waals surface area contributed by atoms with Crippen LogP contribution in [-0.2, 0) is 16.1 Å². The molecule has 0 radical (unpaired) electrons. The molecule has 0 unspecified atom stereocenters. The van der Waals surface area contributed by atoms with Crippen LogP contribution in [0.25, 0.3) is 11.8 Å². The number of nitro benzene ring substituents is 1. The molecule has 2 heterocycles. The standard InChI is InChI=1S/C37H31N3O8S/c1-4-47-36(42)32-33(25-9-6-5-7-10-25)38-37-39(34(32)26-11-8-12-28(21-26)45-2)35(41)31(49-37)20-24-15-18-29(30(19-24)46-3)48-22-23-13-16-27(17-14-23)40(43)44/h5-21,34H,4,22H2,1-3H3/b31-20-/t34-/m0/s1. The Labute approximate surface area is 284 Å². The van der Waals surface area contributed by atoms with Gasteiger partial charge in [0.25, 0.3) is 11.2 Å². The average molecular weight is 678 g/mol. The zero-order chi connectivity index (χ0) is 34.5. The van der Waals surface area contributed by atoms with Crippen molar-refractivity contribution in [3.8, 4) is 17.2 Å². The lowest BCUT2D eigenvalue weighted by atomic mass is 9.93. The summed E-state index contributed by atoms with van der Waals surface area (Å²) >= 11 is 1.21. The van der Waals surface area contributed by atoms with Gasteiger partial charge in [0.15, 0.2) is 16.3 Å². The van der Waals surface area contributed by atoms with Crippen LogP contribution in [0.2, 0.25) is 0 Å². The number of fused-ring (bicyclic) bond motifs is 1. The molecular weight excluding hydrogens is 646 g/mol. The number of carbonyl (C=O) groups is 1. The first kappa shape index (κ1) is 32.9. The summed E-state index contributed by atoms with van der Waals surface area (Å²) in [5.41, 5.74) is 3.14. The largest absolute Gasteiger partial charge is 0.497 e. The molecule has 49 heavy (non-hydrogen) atoms. The fraction of sp³-hybridized carbons (Fsp3) is 0.162. The molecule has 0 N–H and O–H groups in total. The van der Waals surface area contributed by atoms with Gasteiger partial charge in [0.1, 0.15) is 12.4 Å². The fourth-order valence-electron chi connectivity index (χ4n) is 5.49. The van der Waals surface area contributed by atoms with Gasteiger partial charge in [0.05, 0.1) is 47.6 Å². The second-order valence-electron chi connectivity index (χ2n) is 10.8. The molecule has 5 aromatic rings. The van der Waals surface area contributed by atoms with Gasteiger partial charge in [-0.25, -0.2) is 9.79 Å². The lowest BCUT2D eigenvalue weighted by Gasteiger charge is -2.26. The molecule has 0 saturated heterocycles. The molecule has 0 saturated carbocycles. The third-order valence-corrected chi connectivity index (χ3v) is 8.79. The Morgan fingerprint density at radius 3 is 2.43 bits per heavy atom. The summed E-state index contributed by atoms with van der Waals surface area (Å²) in [5.74, 6) is 0.906. The van der Waals surface area contributed by atoms with E-state index in [0.717, 1.165) is 5.56 Å². The quantitative estimate of drug-likeness (QED) is 0.103. The Balaban J connectivity index is 1.44. The third-order valence-electron chi connectivity index (χ3n) is 7.81. The maximum atomic E-state index is 14.3. The maximum absolute atomic E-state index is 14.3. The van der Waals surface area contributed by atoms with Crippen molar-refractivity contribution in [3.05, 3.63) is 155 Å². The van der Waals surface area contributed by atoms with E-state index in [0.29, 0.717) is 49.0 Å². The number of benzene rings is 4. The van der Waals surface area contributed by atoms with Gasteiger partial charge < -0.3 is 18.9 Å². The highest BCUT2D eigenvalue weighted by Crippen LogP contribution is 2.36. The number of nitro groups is 1. The Bertz CT molecular complexity index is 2240. The average Bonchev–Trinajstić information content (AvgIpc) is 3.44. The Morgan fingerprint density at radius 2 is 1.73 bits per heavy atom. The zero-order valence-electron chi connectivity index (χ0n) is 26.8. The Hall–Kier alpha value is -6.01. The van der Waals surface area contributed by atoms with E-state index in [9.17, 15) is 19.7 Å². The first-order chi connectivity index (χ1) is 23.8. The second kappa shape index (κ2) is 14.4. The number of hydrogen-bond acceptors (Lipinski definition) is 10. The smallest absolute Gasteiger partial charge is 0.338 e. The van der Waals surface area contributed by atoms with Crippen LogP contribution in [0.5, 0.6) is 17.2 Å². The summed E-state index contributed by atoms with van der Waals surface area (Å²) < 4.78 is 24.5. The number of aromatic nitrogens is 1. The van der Waals surface area contributed by atoms with Crippen molar-refractivity contribution in [3.63, 3.8) is 0 Å². The summed E-state index contributed by atoms with van der Waals surface area (Å²) in [6.45, 7) is 2.05. The number of esters is 1. The van der Waals surface area contributed by atoms with E-state index in [-0.39, 0.29) is 30.0 Å². The predicted octanol–water partition coefficient (Wildman–Crippen LogP) is 5.44. The van der Waals surface area contributed by atoms with Crippen LogP contribution in [-0.4, -0.2) is 36.3 Å². The van der Waals surface area contributed by atoms with Gasteiger partial charge >= 0.3 is 5.97 Å². The highest BCUT2D eigenvalue weighted by molar-refractivity contribution is 7.07. The van der Waals surface area contributed by atoms with Gasteiger partial charge in [-0.05, 0) is 66.1 Å². The summed E-state index contributed by atoms with van der Waals surface area (Å²) in [7, 11) is 3.07. The lowest BCUT2D eigenvalue weighted by Crippen LogP contribution is -2.40. The minimum atomic E-state index is -0.840. The van der Waals surface area contributed by atoms with Gasteiger partial charge in [-0.15, -0.1) is 0 Å². The number of thiazole rings is 1. The highest BCUT2D eigenvalue weighted by atomic mass is 32.1. The van der Waals surface area contributed by atoms with Crippen molar-refractivity contribution in [1.82, 2.24) is 4.57 Å². The lowest BCUT2D eigenvalue weighted by molar-refractivity contribution is -0.384. The highest BCUT2D eigenvalue weighted by Gasteiger charge is 2.35. The van der Waals surface area contributed by atoms with Crippen LogP contribution in [0.15, 0.2) is 112 Å². The number of ether oxygens (including phenoxy) is 4. The van der Waals surface area contributed by atoms with Crippen molar-refractivity contribution in [2.24, 2.45) is 4.99 Å². The molecule has 0 aliphatic carbocycles. The van der Waals surface area contributed by atoms with Crippen LogP contribution in [0.3, 0.4) is 0 Å². The molecule has 0 spiro atoms. The van der Waals surface area contributed by atoms with E-state index in [1.807, 2.05) is 42.5 Å². The molecule has 1 atom stereocenters. The number of carbonyl (C=O) groups excluding carboxylic acids is 1. The summed E-state index contributed by atoms with van der Waals surface area (Å²) in [4.78, 5) is 43.8. The van der Waals surface area contributed by atoms with Gasteiger partial charge in [-0.1, -0.05) is 59.9 Å². The zero-order valence-corrected chi connectivity index (χ0v) is 27.6. The van der Waals surface area contributed by atoms with E-state index in [1.54, 1.807) is 62.6 Å². The molecule has 1 aliphatic heterocycles. The van der Waals surface area contributed by atoms with Gasteiger partial charge in [-0.2, -0.15) is 0 Å². The molecule has 6 rings (SSSR count). The molecule has 0 bridgehead atoms. The normalized spacial score (nSPS) is 14.1. The molecule has 1 aliphatic rings. The van der Waals surface area contributed by atoms with E-state index < -0.39 is 16.9 Å². The van der Waals surface area contributed by atoms with Crippen LogP contribution >= 0.6 is 11.3 Å². The van der Waals surface area contributed by atoms with Crippen LogP contribution in [0.1, 0.15) is 35.2 Å². The summed E-state index contributed by atoms with van der Waals surface area (Å²) in [6.07, 6.45) is 1.74. The maximum Gasteiger partial charge on any atom is 0.338 e. The number of non-ortho nitro benzene ring substituents is 1. The van der Waals surface area contributed by atoms with Gasteiger partial charge in [-0.3, -0.25) is 19.5 Å². The summed E-state index contributed by atoms with van der Waals surface area (Å²) in [6, 6.07) is 27.2. The molecule has 0 fully saturated rings. The van der Waals surface area contributed by atoms with E-state index >= 15 is 0 Å². The Morgan fingerprint density at radius 1 is 0.959 bits per heavy atom. The number of methoxy groups -OCH3 is 2. The minimum Gasteiger partial charge on any atom is -0.497 e. The van der Waals surface area contributed by atoms with Crippen LogP contribution in [0.4, 0.5) is 5.69 Å². The second-order valence-corrected chi connectivity index (χ2v) is 11.8. The topological polar surface area (TPSA) is 131 Å². The van der Waals surface area contributed by atoms with Crippen LogP contribution in [0, 0.1) is 10.1 Å². The first-order valence-electron chi connectivity index (χ1n) is 15.3. The molecule has 1 aromatic heterocycles. The summed E-state index contributed by atoms with van der Waals surface area (Å²) in [5, 5.41) is 11.0. The van der Waals surface area contributed by atoms with Crippen molar-refractivity contribution < 1.29 is 28.7 Å². The third kappa shape index (κ3) is 6.85. The number of hydrogen-bond donors (Lipinski definition) is 0. The first-order valence-corrected chi connectivity index (χ1v) is 16.1. The molecular formula is C37H31N3O8S. The van der Waals surface area contributed by atoms with Gasteiger partial charge in [0, 0.05) is 17.7 Å². The molecule has 12 heteroatoms. The number of rotatable bonds is 11. The van der Waals surface area contributed by atoms with E-state index in [4.69, 9.17) is 23.9 Å². The minimum absolute atomic E-state index is 0.000754. The fourth-order valence-corrected chi connectivity index (χ4v) is 6.49. The SMILES string of the molecule is CCOC(=O)C1=C(c2ccccc2)N=c2s/c(=C\c3ccc(OCc4ccc([N+](=O)[O-])cc4)c(OC)c3)c(=O)n2[C@H]1c1cccc(OC)c1. The van der Waals surface area contributed by atoms with Gasteiger partial charge in [0.2, 0.25) is 0 Å².